The highest BCUT2D eigenvalue weighted by Crippen LogP contribution is 2.44. The van der Waals surface area contributed by atoms with Gasteiger partial charge in [0, 0.05) is 5.41 Å². The van der Waals surface area contributed by atoms with E-state index in [-0.39, 0.29) is 11.7 Å². The van der Waals surface area contributed by atoms with Gasteiger partial charge < -0.3 is 10.1 Å². The number of amides is 1. The number of hydrogen-bond acceptors (Lipinski definition) is 5. The average Bonchev–Trinajstić information content (AvgIpc) is 2.72. The van der Waals surface area contributed by atoms with E-state index in [9.17, 15) is 18.0 Å². The third-order valence-corrected chi connectivity index (χ3v) is 7.26. The quantitative estimate of drug-likeness (QED) is 0.298. The maximum atomic E-state index is 13.5. The van der Waals surface area contributed by atoms with Crippen LogP contribution in [0.15, 0.2) is 24.3 Å². The number of rotatable bonds is 10. The summed E-state index contributed by atoms with van der Waals surface area (Å²) in [6, 6.07) is 6.64. The molecule has 174 valence electrons. The summed E-state index contributed by atoms with van der Waals surface area (Å²) < 4.78 is 36.4. The lowest BCUT2D eigenvalue weighted by molar-refractivity contribution is -0.137. The summed E-state index contributed by atoms with van der Waals surface area (Å²) in [5.41, 5.74) is -0.0426. The van der Waals surface area contributed by atoms with Gasteiger partial charge >= 0.3 is 5.97 Å². The molecule has 8 heteroatoms. The van der Waals surface area contributed by atoms with Gasteiger partial charge in [0.2, 0.25) is 5.91 Å². The SMILES string of the molecule is CCC(CC)CC1(C(=O)Nc2ccccc2OC(=O)C(C)CS(=O)(=O)O)CCCCC1. The average molecular weight is 454 g/mol. The van der Waals surface area contributed by atoms with E-state index in [2.05, 4.69) is 19.2 Å². The second kappa shape index (κ2) is 11.1. The molecule has 1 aromatic rings. The number of carbonyl (C=O) groups is 2. The Bertz CT molecular complexity index is 857. The number of benzene rings is 1. The molecule has 1 aromatic carbocycles. The van der Waals surface area contributed by atoms with E-state index in [1.54, 1.807) is 24.3 Å². The maximum Gasteiger partial charge on any atom is 0.315 e. The lowest BCUT2D eigenvalue weighted by Crippen LogP contribution is -2.39. The van der Waals surface area contributed by atoms with Crippen molar-refractivity contribution in [1.82, 2.24) is 0 Å². The summed E-state index contributed by atoms with van der Waals surface area (Å²) in [7, 11) is -4.30. The van der Waals surface area contributed by atoms with Crippen molar-refractivity contribution in [3.05, 3.63) is 24.3 Å². The Morgan fingerprint density at radius 2 is 1.74 bits per heavy atom. The number of anilines is 1. The number of ether oxygens (including phenoxy) is 1. The Morgan fingerprint density at radius 1 is 1.13 bits per heavy atom. The standard InChI is InChI=1S/C23H35NO6S/c1-4-18(5-2)15-23(13-9-6-10-14-23)22(26)24-19-11-7-8-12-20(19)30-21(25)17(3)16-31(27,28)29/h7-8,11-12,17-18H,4-6,9-10,13-16H2,1-3H3,(H,24,26)(H,27,28,29). The lowest BCUT2D eigenvalue weighted by atomic mass is 9.67. The van der Waals surface area contributed by atoms with Crippen molar-refractivity contribution in [1.29, 1.82) is 0 Å². The molecule has 0 spiro atoms. The summed E-state index contributed by atoms with van der Waals surface area (Å²) in [6.07, 6.45) is 7.80. The van der Waals surface area contributed by atoms with Gasteiger partial charge in [-0.05, 0) is 37.3 Å². The highest BCUT2D eigenvalue weighted by Gasteiger charge is 2.41. The number of para-hydroxylation sites is 2. The normalized spacial score (nSPS) is 17.2. The minimum Gasteiger partial charge on any atom is -0.424 e. The lowest BCUT2D eigenvalue weighted by Gasteiger charge is -2.38. The molecule has 1 aliphatic carbocycles. The first-order valence-electron chi connectivity index (χ1n) is 11.2. The first-order valence-corrected chi connectivity index (χ1v) is 12.8. The van der Waals surface area contributed by atoms with Gasteiger partial charge in [-0.1, -0.05) is 65.0 Å². The van der Waals surface area contributed by atoms with E-state index in [1.807, 2.05) is 0 Å². The second-order valence-electron chi connectivity index (χ2n) is 8.75. The van der Waals surface area contributed by atoms with Crippen molar-refractivity contribution in [2.45, 2.75) is 72.1 Å². The van der Waals surface area contributed by atoms with Gasteiger partial charge in [-0.2, -0.15) is 8.42 Å². The van der Waals surface area contributed by atoms with Gasteiger partial charge in [-0.3, -0.25) is 14.1 Å². The highest BCUT2D eigenvalue weighted by molar-refractivity contribution is 7.85. The van der Waals surface area contributed by atoms with Crippen LogP contribution in [0.1, 0.15) is 72.1 Å². The fraction of sp³-hybridized carbons (Fsp3) is 0.652. The fourth-order valence-electron chi connectivity index (χ4n) is 4.39. The smallest absolute Gasteiger partial charge is 0.315 e. The van der Waals surface area contributed by atoms with Gasteiger partial charge in [-0.15, -0.1) is 0 Å². The van der Waals surface area contributed by atoms with Crippen LogP contribution < -0.4 is 10.1 Å². The van der Waals surface area contributed by atoms with Gasteiger partial charge in [-0.25, -0.2) is 0 Å². The third-order valence-electron chi connectivity index (χ3n) is 6.34. The number of carbonyl (C=O) groups excluding carboxylic acids is 2. The van der Waals surface area contributed by atoms with Crippen LogP contribution in [-0.2, 0) is 19.7 Å². The molecule has 2 rings (SSSR count). The van der Waals surface area contributed by atoms with Crippen LogP contribution >= 0.6 is 0 Å². The zero-order valence-corrected chi connectivity index (χ0v) is 19.5. The van der Waals surface area contributed by atoms with Gasteiger partial charge in [0.05, 0.1) is 17.4 Å². The van der Waals surface area contributed by atoms with Crippen LogP contribution in [0, 0.1) is 17.3 Å². The zero-order chi connectivity index (χ0) is 23.1. The molecule has 0 radical (unpaired) electrons. The summed E-state index contributed by atoms with van der Waals surface area (Å²) in [4.78, 5) is 25.8. The largest absolute Gasteiger partial charge is 0.424 e. The number of hydrogen-bond donors (Lipinski definition) is 2. The summed E-state index contributed by atoms with van der Waals surface area (Å²) in [5, 5.41) is 2.98. The molecule has 7 nitrogen and oxygen atoms in total. The van der Waals surface area contributed by atoms with Gasteiger partial charge in [0.1, 0.15) is 0 Å². The van der Waals surface area contributed by atoms with Crippen molar-refractivity contribution in [2.75, 3.05) is 11.1 Å². The molecule has 31 heavy (non-hydrogen) atoms. The molecule has 1 atom stereocenters. The van der Waals surface area contributed by atoms with Crippen molar-refractivity contribution < 1.29 is 27.3 Å². The van der Waals surface area contributed by atoms with Crippen LogP contribution in [0.25, 0.3) is 0 Å². The van der Waals surface area contributed by atoms with Crippen LogP contribution in [0.3, 0.4) is 0 Å². The molecule has 0 aromatic heterocycles. The van der Waals surface area contributed by atoms with Crippen LogP contribution in [0.4, 0.5) is 5.69 Å². The first-order chi connectivity index (χ1) is 14.6. The Morgan fingerprint density at radius 3 is 2.32 bits per heavy atom. The van der Waals surface area contributed by atoms with Gasteiger partial charge in [0.15, 0.2) is 5.75 Å². The van der Waals surface area contributed by atoms with E-state index in [0.717, 1.165) is 51.4 Å². The van der Waals surface area contributed by atoms with Crippen LogP contribution in [-0.4, -0.2) is 30.6 Å². The molecular weight excluding hydrogens is 418 g/mol. The molecule has 2 N–H and O–H groups in total. The molecule has 1 amide bonds. The second-order valence-corrected chi connectivity index (χ2v) is 10.2. The molecule has 0 saturated heterocycles. The zero-order valence-electron chi connectivity index (χ0n) is 18.7. The Balaban J connectivity index is 2.19. The van der Waals surface area contributed by atoms with Crippen LogP contribution in [0.5, 0.6) is 5.75 Å². The highest BCUT2D eigenvalue weighted by atomic mass is 32.2. The van der Waals surface area contributed by atoms with Crippen molar-refractivity contribution in [3.8, 4) is 5.75 Å². The maximum absolute atomic E-state index is 13.5. The monoisotopic (exact) mass is 453 g/mol. The fourth-order valence-corrected chi connectivity index (χ4v) is 5.16. The Labute approximate surface area is 185 Å². The summed E-state index contributed by atoms with van der Waals surface area (Å²) >= 11 is 0. The molecule has 1 aliphatic rings. The molecule has 0 aliphatic heterocycles. The topological polar surface area (TPSA) is 110 Å². The van der Waals surface area contributed by atoms with E-state index >= 15 is 0 Å². The molecule has 1 unspecified atom stereocenters. The van der Waals surface area contributed by atoms with Crippen molar-refractivity contribution in [3.63, 3.8) is 0 Å². The van der Waals surface area contributed by atoms with E-state index in [4.69, 9.17) is 9.29 Å². The third kappa shape index (κ3) is 7.31. The van der Waals surface area contributed by atoms with Gasteiger partial charge in [0.25, 0.3) is 10.1 Å². The number of esters is 1. The molecule has 0 heterocycles. The first kappa shape index (κ1) is 25.3. The molecule has 0 bridgehead atoms. The summed E-state index contributed by atoms with van der Waals surface area (Å²) in [6.45, 7) is 5.68. The van der Waals surface area contributed by atoms with E-state index < -0.39 is 33.2 Å². The van der Waals surface area contributed by atoms with Crippen molar-refractivity contribution in [2.24, 2.45) is 17.3 Å². The molecular formula is C23H35NO6S. The minimum atomic E-state index is -4.30. The molecule has 1 saturated carbocycles. The van der Waals surface area contributed by atoms with E-state index in [0.29, 0.717) is 11.6 Å². The summed E-state index contributed by atoms with van der Waals surface area (Å²) in [5.74, 6) is -1.95. The Hall–Kier alpha value is -1.93. The molecule has 1 fully saturated rings. The predicted molar refractivity (Wildman–Crippen MR) is 120 cm³/mol. The number of nitrogens with one attached hydrogen (secondary N) is 1. The van der Waals surface area contributed by atoms with Crippen molar-refractivity contribution >= 4 is 27.7 Å². The predicted octanol–water partition coefficient (Wildman–Crippen LogP) is 4.83. The Kier molecular flexibility index (Phi) is 9.06. The minimum absolute atomic E-state index is 0.0476. The van der Waals surface area contributed by atoms with E-state index in [1.165, 1.54) is 6.92 Å². The van der Waals surface area contributed by atoms with Crippen LogP contribution in [0.2, 0.25) is 0 Å².